The van der Waals surface area contributed by atoms with E-state index in [9.17, 15) is 13.2 Å². The molecule has 34 heavy (non-hydrogen) atoms. The first-order chi connectivity index (χ1) is 16.4. The van der Waals surface area contributed by atoms with Crippen LogP contribution in [-0.4, -0.2) is 31.5 Å². The lowest BCUT2D eigenvalue weighted by molar-refractivity contribution is 0.0592. The second-order valence-electron chi connectivity index (χ2n) is 7.31. The molecular formula is C26H21N3O4S. The number of methoxy groups -OCH3 is 1. The number of pyridine rings is 2. The summed E-state index contributed by atoms with van der Waals surface area (Å²) < 4.78 is 33.8. The molecule has 0 aliphatic heterocycles. The Morgan fingerprint density at radius 1 is 1.03 bits per heavy atom. The molecule has 0 aliphatic rings. The molecule has 8 heteroatoms. The topological polar surface area (TPSA) is 98.3 Å². The zero-order valence-electron chi connectivity index (χ0n) is 18.6. The predicted octanol–water partition coefficient (Wildman–Crippen LogP) is 4.18. The maximum Gasteiger partial charge on any atom is 0.356 e. The van der Waals surface area contributed by atoms with Gasteiger partial charge < -0.3 is 4.74 Å². The average molecular weight is 472 g/mol. The van der Waals surface area contributed by atoms with Crippen molar-refractivity contribution < 1.29 is 17.9 Å². The monoisotopic (exact) mass is 471 g/mol. The van der Waals surface area contributed by atoms with E-state index in [1.54, 1.807) is 48.7 Å². The maximum absolute atomic E-state index is 13.2. The lowest BCUT2D eigenvalue weighted by atomic mass is 10.1. The summed E-state index contributed by atoms with van der Waals surface area (Å²) in [6.45, 7) is 1.91. The van der Waals surface area contributed by atoms with Crippen LogP contribution in [-0.2, 0) is 21.2 Å². The number of para-hydroxylation sites is 2. The van der Waals surface area contributed by atoms with Crippen molar-refractivity contribution >= 4 is 32.6 Å². The molecule has 0 bridgehead atoms. The van der Waals surface area contributed by atoms with Crippen LogP contribution in [0.1, 0.15) is 34.1 Å². The lowest BCUT2D eigenvalue weighted by Crippen LogP contribution is -2.14. The molecule has 0 saturated heterocycles. The molecule has 0 saturated carbocycles. The van der Waals surface area contributed by atoms with Crippen LogP contribution in [0.2, 0.25) is 0 Å². The molecule has 7 nitrogen and oxygen atoms in total. The number of carbonyl (C=O) groups excluding carboxylic acids is 1. The van der Waals surface area contributed by atoms with Crippen molar-refractivity contribution in [2.45, 2.75) is 18.2 Å². The Hall–Kier alpha value is -4.22. The molecule has 1 N–H and O–H groups in total. The van der Waals surface area contributed by atoms with Gasteiger partial charge in [-0.2, -0.15) is 0 Å². The fourth-order valence-corrected chi connectivity index (χ4v) is 4.70. The van der Waals surface area contributed by atoms with Gasteiger partial charge in [0.25, 0.3) is 10.0 Å². The molecule has 2 aromatic heterocycles. The molecule has 0 unspecified atom stereocenters. The number of ether oxygens (including phenoxy) is 1. The average Bonchev–Trinajstić information content (AvgIpc) is 2.87. The molecule has 4 aromatic rings. The fraction of sp³-hybridized carbons (Fsp3) is 0.115. The van der Waals surface area contributed by atoms with E-state index in [-0.39, 0.29) is 10.6 Å². The number of carbonyl (C=O) groups is 1. The Morgan fingerprint density at radius 3 is 2.62 bits per heavy atom. The van der Waals surface area contributed by atoms with Crippen molar-refractivity contribution in [2.24, 2.45) is 0 Å². The fourth-order valence-electron chi connectivity index (χ4n) is 3.44. The van der Waals surface area contributed by atoms with Gasteiger partial charge in [-0.25, -0.2) is 18.2 Å². The highest BCUT2D eigenvalue weighted by atomic mass is 32.2. The second kappa shape index (κ2) is 9.73. The summed E-state index contributed by atoms with van der Waals surface area (Å²) in [5, 5.41) is 0.730. The quantitative estimate of drug-likeness (QED) is 0.346. The molecule has 170 valence electrons. The van der Waals surface area contributed by atoms with Crippen molar-refractivity contribution in [1.29, 1.82) is 0 Å². The van der Waals surface area contributed by atoms with Crippen LogP contribution < -0.4 is 4.72 Å². The first-order valence-electron chi connectivity index (χ1n) is 10.5. The van der Waals surface area contributed by atoms with Gasteiger partial charge in [-0.1, -0.05) is 49.1 Å². The van der Waals surface area contributed by atoms with E-state index in [1.807, 2.05) is 19.1 Å². The van der Waals surface area contributed by atoms with E-state index >= 15 is 0 Å². The Balaban J connectivity index is 1.68. The molecule has 2 heterocycles. The molecule has 0 aliphatic carbocycles. The van der Waals surface area contributed by atoms with Gasteiger partial charge in [-0.05, 0) is 42.3 Å². The predicted molar refractivity (Wildman–Crippen MR) is 130 cm³/mol. The van der Waals surface area contributed by atoms with Crippen LogP contribution in [0.4, 0.5) is 5.69 Å². The van der Waals surface area contributed by atoms with Gasteiger partial charge in [-0.15, -0.1) is 0 Å². The van der Waals surface area contributed by atoms with Crippen molar-refractivity contribution in [2.75, 3.05) is 11.8 Å². The number of esters is 1. The van der Waals surface area contributed by atoms with Gasteiger partial charge in [-0.3, -0.25) is 9.71 Å². The molecule has 4 rings (SSSR count). The van der Waals surface area contributed by atoms with Crippen LogP contribution in [0.5, 0.6) is 0 Å². The zero-order chi connectivity index (χ0) is 24.1. The van der Waals surface area contributed by atoms with E-state index in [2.05, 4.69) is 26.5 Å². The molecule has 0 fully saturated rings. The van der Waals surface area contributed by atoms with Gasteiger partial charge in [0, 0.05) is 28.9 Å². The Labute approximate surface area is 197 Å². The first-order valence-corrected chi connectivity index (χ1v) is 12.0. The van der Waals surface area contributed by atoms with E-state index in [0.29, 0.717) is 28.8 Å². The summed E-state index contributed by atoms with van der Waals surface area (Å²) in [5.41, 5.74) is 2.81. The standard InChI is InChI=1S/C26H21N3O4S/c1-3-19-16-18(17-28-25(19)26(30)33-2)13-14-20-8-4-5-11-22(20)29-34(31,32)23-12-6-9-21-10-7-15-27-24(21)23/h4-12,15-17,29H,3H2,1-2H3. The number of sulfonamides is 1. The van der Waals surface area contributed by atoms with Crippen LogP contribution in [0, 0.1) is 11.8 Å². The molecule has 0 spiro atoms. The van der Waals surface area contributed by atoms with Crippen molar-refractivity contribution in [1.82, 2.24) is 9.97 Å². The highest BCUT2D eigenvalue weighted by molar-refractivity contribution is 7.93. The summed E-state index contributed by atoms with van der Waals surface area (Å²) in [5.74, 6) is 5.51. The number of hydrogen-bond acceptors (Lipinski definition) is 6. The van der Waals surface area contributed by atoms with Gasteiger partial charge >= 0.3 is 5.97 Å². The number of fused-ring (bicyclic) bond motifs is 1. The van der Waals surface area contributed by atoms with Crippen molar-refractivity contribution in [3.05, 3.63) is 95.4 Å². The van der Waals surface area contributed by atoms with Gasteiger partial charge in [0.05, 0.1) is 18.3 Å². The van der Waals surface area contributed by atoms with Crippen molar-refractivity contribution in [3.8, 4) is 11.8 Å². The summed E-state index contributed by atoms with van der Waals surface area (Å²) in [6, 6.07) is 17.2. The van der Waals surface area contributed by atoms with Gasteiger partial charge in [0.2, 0.25) is 0 Å². The third-order valence-electron chi connectivity index (χ3n) is 5.12. The normalized spacial score (nSPS) is 10.9. The van der Waals surface area contributed by atoms with Crippen LogP contribution >= 0.6 is 0 Å². The highest BCUT2D eigenvalue weighted by Gasteiger charge is 2.19. The van der Waals surface area contributed by atoms with E-state index in [0.717, 1.165) is 10.9 Å². The SMILES string of the molecule is CCc1cc(C#Cc2ccccc2NS(=O)(=O)c2cccc3cccnc23)cnc1C(=O)OC. The summed E-state index contributed by atoms with van der Waals surface area (Å²) in [7, 11) is -2.61. The number of anilines is 1. The number of aryl methyl sites for hydroxylation is 1. The smallest absolute Gasteiger partial charge is 0.356 e. The highest BCUT2D eigenvalue weighted by Crippen LogP contribution is 2.24. The Bertz CT molecular complexity index is 1550. The van der Waals surface area contributed by atoms with E-state index < -0.39 is 16.0 Å². The Morgan fingerprint density at radius 2 is 1.82 bits per heavy atom. The number of nitrogens with one attached hydrogen (secondary N) is 1. The number of benzene rings is 2. The van der Waals surface area contributed by atoms with Crippen LogP contribution in [0.3, 0.4) is 0 Å². The molecule has 0 radical (unpaired) electrons. The third-order valence-corrected chi connectivity index (χ3v) is 6.52. The van der Waals surface area contributed by atoms with Crippen molar-refractivity contribution in [3.63, 3.8) is 0 Å². The van der Waals surface area contributed by atoms with Crippen LogP contribution in [0.15, 0.2) is 78.0 Å². The summed E-state index contributed by atoms with van der Waals surface area (Å²) in [6.07, 6.45) is 3.64. The van der Waals surface area contributed by atoms with Gasteiger partial charge in [0.15, 0.2) is 5.69 Å². The van der Waals surface area contributed by atoms with Gasteiger partial charge in [0.1, 0.15) is 4.90 Å². The lowest BCUT2D eigenvalue weighted by Gasteiger charge is -2.11. The minimum Gasteiger partial charge on any atom is -0.464 e. The molecular weight excluding hydrogens is 450 g/mol. The molecule has 0 amide bonds. The zero-order valence-corrected chi connectivity index (χ0v) is 19.4. The number of hydrogen-bond donors (Lipinski definition) is 1. The molecule has 0 atom stereocenters. The summed E-state index contributed by atoms with van der Waals surface area (Å²) in [4.78, 5) is 20.4. The maximum atomic E-state index is 13.2. The second-order valence-corrected chi connectivity index (χ2v) is 8.96. The first kappa shape index (κ1) is 23.0. The Kier molecular flexibility index (Phi) is 6.57. The van der Waals surface area contributed by atoms with Crippen LogP contribution in [0.25, 0.3) is 10.9 Å². The number of aromatic nitrogens is 2. The number of nitrogens with zero attached hydrogens (tertiary/aromatic N) is 2. The third kappa shape index (κ3) is 4.75. The minimum absolute atomic E-state index is 0.0866. The largest absolute Gasteiger partial charge is 0.464 e. The summed E-state index contributed by atoms with van der Waals surface area (Å²) >= 11 is 0. The van der Waals surface area contributed by atoms with E-state index in [4.69, 9.17) is 4.74 Å². The minimum atomic E-state index is -3.92. The molecule has 2 aromatic carbocycles. The van der Waals surface area contributed by atoms with E-state index in [1.165, 1.54) is 19.4 Å². The number of rotatable bonds is 5.